The molecule has 0 spiro atoms. The number of rotatable bonds is 4. The number of alkyl halides is 1. The van der Waals surface area contributed by atoms with Gasteiger partial charge in [0.05, 0.1) is 17.0 Å². The Kier molecular flexibility index (Phi) is 5.11. The minimum absolute atomic E-state index is 0.0423. The summed E-state index contributed by atoms with van der Waals surface area (Å²) in [5, 5.41) is -0.0423. The largest absolute Gasteiger partial charge is 0.496 e. The molecule has 0 saturated carbocycles. The number of methoxy groups -OCH3 is 1. The van der Waals surface area contributed by atoms with Gasteiger partial charge in [0.2, 0.25) is 0 Å². The van der Waals surface area contributed by atoms with E-state index in [4.69, 9.17) is 16.3 Å². The zero-order valence-electron chi connectivity index (χ0n) is 11.9. The van der Waals surface area contributed by atoms with Crippen LogP contribution in [0.1, 0.15) is 27.6 Å². The third-order valence-corrected chi connectivity index (χ3v) is 4.55. The molecule has 106 valence electrons. The first-order chi connectivity index (χ1) is 9.51. The average molecular weight is 354 g/mol. The van der Waals surface area contributed by atoms with Crippen LogP contribution in [-0.4, -0.2) is 7.11 Å². The number of ether oxygens (including phenoxy) is 1. The Balaban J connectivity index is 2.17. The van der Waals surface area contributed by atoms with E-state index in [1.54, 1.807) is 7.11 Å². The quantitative estimate of drug-likeness (QED) is 0.650. The van der Waals surface area contributed by atoms with E-state index < -0.39 is 0 Å². The molecule has 0 bridgehead atoms. The van der Waals surface area contributed by atoms with Crippen molar-refractivity contribution in [3.05, 3.63) is 63.1 Å². The highest BCUT2D eigenvalue weighted by Crippen LogP contribution is 2.32. The Hall–Kier alpha value is -0.990. The Labute approximate surface area is 134 Å². The molecule has 0 fully saturated rings. The fraction of sp³-hybridized carbons (Fsp3) is 0.294. The second-order valence-electron chi connectivity index (χ2n) is 4.98. The van der Waals surface area contributed by atoms with Gasteiger partial charge in [-0.25, -0.2) is 0 Å². The van der Waals surface area contributed by atoms with E-state index in [0.717, 1.165) is 22.2 Å². The van der Waals surface area contributed by atoms with Gasteiger partial charge >= 0.3 is 0 Å². The average Bonchev–Trinajstić information content (AvgIpc) is 2.42. The summed E-state index contributed by atoms with van der Waals surface area (Å²) < 4.78 is 6.17. The summed E-state index contributed by atoms with van der Waals surface area (Å²) >= 11 is 10.0. The number of hydrogen-bond donors (Lipinski definition) is 0. The molecule has 0 saturated heterocycles. The zero-order valence-corrected chi connectivity index (χ0v) is 14.3. The summed E-state index contributed by atoms with van der Waals surface area (Å²) in [6.07, 6.45) is 0.821. The van der Waals surface area contributed by atoms with E-state index in [1.807, 2.05) is 18.2 Å². The molecule has 0 aliphatic heterocycles. The molecule has 0 heterocycles. The van der Waals surface area contributed by atoms with Crippen LogP contribution >= 0.6 is 27.5 Å². The topological polar surface area (TPSA) is 9.23 Å². The number of aryl methyl sites for hydroxylation is 2. The molecule has 2 aromatic rings. The lowest BCUT2D eigenvalue weighted by Crippen LogP contribution is -1.97. The summed E-state index contributed by atoms with van der Waals surface area (Å²) in [5.74, 6) is 0.823. The van der Waals surface area contributed by atoms with Gasteiger partial charge in [-0.1, -0.05) is 24.3 Å². The van der Waals surface area contributed by atoms with Gasteiger partial charge in [0.25, 0.3) is 0 Å². The lowest BCUT2D eigenvalue weighted by Gasteiger charge is -2.13. The van der Waals surface area contributed by atoms with Crippen molar-refractivity contribution in [3.8, 4) is 5.75 Å². The molecule has 0 aliphatic carbocycles. The molecule has 3 heteroatoms. The Morgan fingerprint density at radius 3 is 2.45 bits per heavy atom. The Morgan fingerprint density at radius 2 is 1.85 bits per heavy atom. The monoisotopic (exact) mass is 352 g/mol. The predicted octanol–water partition coefficient (Wildman–Crippen LogP) is 5.60. The van der Waals surface area contributed by atoms with Gasteiger partial charge in [-0.2, -0.15) is 0 Å². The highest BCUT2D eigenvalue weighted by atomic mass is 79.9. The molecule has 0 amide bonds. The van der Waals surface area contributed by atoms with Crippen LogP contribution in [0.3, 0.4) is 0 Å². The predicted molar refractivity (Wildman–Crippen MR) is 88.9 cm³/mol. The second-order valence-corrected chi connectivity index (χ2v) is 6.37. The first-order valence-electron chi connectivity index (χ1n) is 6.55. The molecule has 0 N–H and O–H groups in total. The molecule has 1 unspecified atom stereocenters. The fourth-order valence-electron chi connectivity index (χ4n) is 2.13. The maximum Gasteiger partial charge on any atom is 0.133 e. The lowest BCUT2D eigenvalue weighted by molar-refractivity contribution is 0.412. The van der Waals surface area contributed by atoms with Gasteiger partial charge in [0.1, 0.15) is 5.75 Å². The number of hydrogen-bond acceptors (Lipinski definition) is 1. The first kappa shape index (κ1) is 15.4. The highest BCUT2D eigenvalue weighted by Gasteiger charge is 2.11. The van der Waals surface area contributed by atoms with E-state index in [2.05, 4.69) is 48.0 Å². The fourth-order valence-corrected chi connectivity index (χ4v) is 3.01. The normalized spacial score (nSPS) is 12.2. The molecule has 0 radical (unpaired) electrons. The van der Waals surface area contributed by atoms with E-state index in [-0.39, 0.29) is 5.38 Å². The molecular weight excluding hydrogens is 336 g/mol. The summed E-state index contributed by atoms with van der Waals surface area (Å²) in [4.78, 5) is 0. The third-order valence-electron chi connectivity index (χ3n) is 3.52. The van der Waals surface area contributed by atoms with Crippen molar-refractivity contribution in [1.82, 2.24) is 0 Å². The molecule has 2 rings (SSSR count). The zero-order chi connectivity index (χ0) is 14.7. The van der Waals surface area contributed by atoms with Crippen LogP contribution in [-0.2, 0) is 6.42 Å². The smallest absolute Gasteiger partial charge is 0.133 e. The Bertz CT molecular complexity index is 610. The summed E-state index contributed by atoms with van der Waals surface area (Å²) in [6.45, 7) is 4.25. The maximum absolute atomic E-state index is 6.54. The van der Waals surface area contributed by atoms with Crippen LogP contribution in [0.4, 0.5) is 0 Å². The summed E-state index contributed by atoms with van der Waals surface area (Å²) in [5.41, 5.74) is 4.98. The van der Waals surface area contributed by atoms with Crippen LogP contribution in [0, 0.1) is 13.8 Å². The van der Waals surface area contributed by atoms with Crippen LogP contribution in [0.25, 0.3) is 0 Å². The van der Waals surface area contributed by atoms with Gasteiger partial charge in [0, 0.05) is 0 Å². The van der Waals surface area contributed by atoms with Crippen molar-refractivity contribution >= 4 is 27.5 Å². The van der Waals surface area contributed by atoms with Gasteiger partial charge < -0.3 is 4.74 Å². The van der Waals surface area contributed by atoms with Crippen LogP contribution in [0.5, 0.6) is 5.75 Å². The minimum atomic E-state index is -0.0423. The van der Waals surface area contributed by atoms with E-state index in [1.165, 1.54) is 16.7 Å². The number of halogens is 2. The van der Waals surface area contributed by atoms with Gasteiger partial charge in [-0.15, -0.1) is 11.6 Å². The van der Waals surface area contributed by atoms with Crippen molar-refractivity contribution in [2.24, 2.45) is 0 Å². The van der Waals surface area contributed by atoms with Crippen molar-refractivity contribution in [3.63, 3.8) is 0 Å². The van der Waals surface area contributed by atoms with Crippen LogP contribution in [0.2, 0.25) is 0 Å². The van der Waals surface area contributed by atoms with Gasteiger partial charge in [0.15, 0.2) is 0 Å². The SMILES string of the molecule is COc1ccc(C(Cl)Cc2ccc(C)c(C)c2)cc1Br. The van der Waals surface area contributed by atoms with Crippen LogP contribution < -0.4 is 4.74 Å². The van der Waals surface area contributed by atoms with E-state index in [0.29, 0.717) is 0 Å². The van der Waals surface area contributed by atoms with Crippen molar-refractivity contribution in [1.29, 1.82) is 0 Å². The number of benzene rings is 2. The minimum Gasteiger partial charge on any atom is -0.496 e. The molecule has 1 atom stereocenters. The molecule has 0 aromatic heterocycles. The molecular formula is C17H18BrClO. The molecule has 2 aromatic carbocycles. The van der Waals surface area contributed by atoms with Crippen LogP contribution in [0.15, 0.2) is 40.9 Å². The summed E-state index contributed by atoms with van der Waals surface area (Å²) in [6, 6.07) is 12.5. The third kappa shape index (κ3) is 3.56. The first-order valence-corrected chi connectivity index (χ1v) is 7.78. The standard InChI is InChI=1S/C17H18BrClO/c1-11-4-5-13(8-12(11)2)9-16(19)14-6-7-17(20-3)15(18)10-14/h4-8,10,16H,9H2,1-3H3. The maximum atomic E-state index is 6.54. The molecule has 0 aliphatic rings. The van der Waals surface area contributed by atoms with Crippen molar-refractivity contribution < 1.29 is 4.74 Å². The van der Waals surface area contributed by atoms with Gasteiger partial charge in [-0.05, 0) is 70.6 Å². The van der Waals surface area contributed by atoms with E-state index >= 15 is 0 Å². The van der Waals surface area contributed by atoms with E-state index in [9.17, 15) is 0 Å². The lowest BCUT2D eigenvalue weighted by atomic mass is 10.00. The van der Waals surface area contributed by atoms with Gasteiger partial charge in [-0.3, -0.25) is 0 Å². The summed E-state index contributed by atoms with van der Waals surface area (Å²) in [7, 11) is 1.66. The van der Waals surface area contributed by atoms with Crippen molar-refractivity contribution in [2.45, 2.75) is 25.6 Å². The Morgan fingerprint density at radius 1 is 1.10 bits per heavy atom. The molecule has 1 nitrogen and oxygen atoms in total. The highest BCUT2D eigenvalue weighted by molar-refractivity contribution is 9.10. The van der Waals surface area contributed by atoms with Crippen molar-refractivity contribution in [2.75, 3.05) is 7.11 Å². The molecule has 20 heavy (non-hydrogen) atoms. The second kappa shape index (κ2) is 6.64.